The summed E-state index contributed by atoms with van der Waals surface area (Å²) in [6, 6.07) is -0.195. The van der Waals surface area contributed by atoms with Crippen LogP contribution >= 0.6 is 0 Å². The van der Waals surface area contributed by atoms with Crippen molar-refractivity contribution >= 4 is 5.91 Å². The first-order valence-electron chi connectivity index (χ1n) is 8.96. The summed E-state index contributed by atoms with van der Waals surface area (Å²) in [6.07, 6.45) is 2.83. The van der Waals surface area contributed by atoms with Gasteiger partial charge in [0.05, 0.1) is 37.3 Å². The van der Waals surface area contributed by atoms with Gasteiger partial charge < -0.3 is 19.6 Å². The Morgan fingerprint density at radius 2 is 2.24 bits per heavy atom. The van der Waals surface area contributed by atoms with E-state index in [-0.39, 0.29) is 30.6 Å². The zero-order valence-corrected chi connectivity index (χ0v) is 15.8. The van der Waals surface area contributed by atoms with E-state index < -0.39 is 0 Å². The van der Waals surface area contributed by atoms with Crippen LogP contribution in [0.5, 0.6) is 0 Å². The van der Waals surface area contributed by atoms with Gasteiger partial charge in [0, 0.05) is 32.0 Å². The van der Waals surface area contributed by atoms with Crippen LogP contribution in [0.25, 0.3) is 0 Å². The van der Waals surface area contributed by atoms with Crippen molar-refractivity contribution in [1.82, 2.24) is 24.8 Å². The van der Waals surface area contributed by atoms with Crippen LogP contribution < -0.4 is 0 Å². The Hall–Kier alpha value is -1.51. The van der Waals surface area contributed by atoms with Crippen LogP contribution in [0.15, 0.2) is 6.20 Å². The van der Waals surface area contributed by atoms with Gasteiger partial charge in [-0.1, -0.05) is 12.1 Å². The molecule has 1 aliphatic heterocycles. The molecule has 8 nitrogen and oxygen atoms in total. The molecule has 2 rings (SSSR count). The maximum atomic E-state index is 12.7. The summed E-state index contributed by atoms with van der Waals surface area (Å²) in [6.45, 7) is 6.38. The summed E-state index contributed by atoms with van der Waals surface area (Å²) in [5.74, 6) is 0.211. The molecule has 0 fully saturated rings. The summed E-state index contributed by atoms with van der Waals surface area (Å²) < 4.78 is 7.99. The van der Waals surface area contributed by atoms with Gasteiger partial charge in [-0.2, -0.15) is 0 Å². The molecule has 0 saturated carbocycles. The van der Waals surface area contributed by atoms with E-state index in [0.717, 1.165) is 12.2 Å². The highest BCUT2D eigenvalue weighted by molar-refractivity contribution is 5.76. The molecule has 1 aromatic heterocycles. The number of aryl methyl sites for hydroxylation is 1. The molecule has 1 aromatic rings. The SMILES string of the molecule is C[C@@H]1CN([C@@H](C)CO)C(=O)CCCn2nncc2CO[C@@H]1CN(C)C. The minimum absolute atomic E-state index is 0.0287. The molecule has 0 aromatic carbocycles. The average molecular weight is 353 g/mol. The van der Waals surface area contributed by atoms with Gasteiger partial charge >= 0.3 is 0 Å². The third kappa shape index (κ3) is 5.49. The molecule has 0 unspecified atom stereocenters. The maximum absolute atomic E-state index is 12.7. The fourth-order valence-corrected chi connectivity index (χ4v) is 3.11. The quantitative estimate of drug-likeness (QED) is 0.842. The predicted octanol–water partition coefficient (Wildman–Crippen LogP) is 0.364. The Morgan fingerprint density at radius 3 is 2.92 bits per heavy atom. The standard InChI is InChI=1S/C17H31N5O3/c1-13-9-21(14(2)11-23)17(24)6-5-7-22-15(8-18-19-22)12-25-16(13)10-20(3)4/h8,13-14,16,23H,5-7,9-12H2,1-4H3/t13-,14+,16-/m1/s1. The minimum Gasteiger partial charge on any atom is -0.394 e. The fraction of sp³-hybridized carbons (Fsp3) is 0.824. The van der Waals surface area contributed by atoms with E-state index in [1.165, 1.54) is 0 Å². The van der Waals surface area contributed by atoms with E-state index in [9.17, 15) is 9.90 Å². The van der Waals surface area contributed by atoms with Gasteiger partial charge in [-0.3, -0.25) is 4.79 Å². The number of amides is 1. The highest BCUT2D eigenvalue weighted by Gasteiger charge is 2.27. The second kappa shape index (κ2) is 9.26. The molecule has 142 valence electrons. The number of nitrogens with zero attached hydrogens (tertiary/aromatic N) is 5. The molecule has 3 atom stereocenters. The summed E-state index contributed by atoms with van der Waals surface area (Å²) in [4.78, 5) is 16.6. The van der Waals surface area contributed by atoms with Crippen molar-refractivity contribution in [3.63, 3.8) is 0 Å². The largest absolute Gasteiger partial charge is 0.394 e. The second-order valence-electron chi connectivity index (χ2n) is 7.22. The molecule has 1 N–H and O–H groups in total. The number of hydrogen-bond donors (Lipinski definition) is 1. The normalized spacial score (nSPS) is 24.6. The number of carbonyl (C=O) groups is 1. The molecular formula is C17H31N5O3. The molecule has 2 heterocycles. The molecule has 0 spiro atoms. The Balaban J connectivity index is 2.22. The number of hydrogen-bond acceptors (Lipinski definition) is 6. The van der Waals surface area contributed by atoms with E-state index in [1.807, 2.05) is 25.7 Å². The number of rotatable bonds is 4. The van der Waals surface area contributed by atoms with Gasteiger partial charge in [0.15, 0.2) is 0 Å². The van der Waals surface area contributed by atoms with E-state index in [2.05, 4.69) is 22.1 Å². The Labute approximate surface area is 149 Å². The van der Waals surface area contributed by atoms with E-state index in [4.69, 9.17) is 4.74 Å². The Kier molecular flexibility index (Phi) is 7.34. The number of aliphatic hydroxyl groups excluding tert-OH is 1. The molecule has 0 bridgehead atoms. The third-order valence-electron chi connectivity index (χ3n) is 4.68. The van der Waals surface area contributed by atoms with Crippen molar-refractivity contribution in [3.8, 4) is 0 Å². The van der Waals surface area contributed by atoms with Crippen LogP contribution in [0, 0.1) is 5.92 Å². The van der Waals surface area contributed by atoms with Crippen LogP contribution in [0.1, 0.15) is 32.4 Å². The first-order chi connectivity index (χ1) is 11.9. The zero-order valence-electron chi connectivity index (χ0n) is 15.8. The lowest BCUT2D eigenvalue weighted by Crippen LogP contribution is -2.47. The van der Waals surface area contributed by atoms with Crippen LogP contribution in [0.4, 0.5) is 0 Å². The highest BCUT2D eigenvalue weighted by Crippen LogP contribution is 2.17. The lowest BCUT2D eigenvalue weighted by atomic mass is 10.0. The van der Waals surface area contributed by atoms with Gasteiger partial charge in [-0.15, -0.1) is 5.10 Å². The minimum atomic E-state index is -0.195. The van der Waals surface area contributed by atoms with Crippen LogP contribution in [-0.2, 0) is 22.7 Å². The average Bonchev–Trinajstić information content (AvgIpc) is 3.01. The summed E-state index contributed by atoms with van der Waals surface area (Å²) >= 11 is 0. The number of ether oxygens (including phenoxy) is 1. The van der Waals surface area contributed by atoms with Crippen molar-refractivity contribution < 1.29 is 14.6 Å². The van der Waals surface area contributed by atoms with Crippen molar-refractivity contribution in [3.05, 3.63) is 11.9 Å². The summed E-state index contributed by atoms with van der Waals surface area (Å²) in [5.41, 5.74) is 0.935. The van der Waals surface area contributed by atoms with E-state index >= 15 is 0 Å². The molecule has 1 amide bonds. The Morgan fingerprint density at radius 1 is 1.48 bits per heavy atom. The third-order valence-corrected chi connectivity index (χ3v) is 4.68. The van der Waals surface area contributed by atoms with Crippen molar-refractivity contribution in [2.24, 2.45) is 5.92 Å². The van der Waals surface area contributed by atoms with E-state index in [1.54, 1.807) is 11.1 Å². The van der Waals surface area contributed by atoms with Crippen molar-refractivity contribution in [1.29, 1.82) is 0 Å². The zero-order chi connectivity index (χ0) is 18.4. The van der Waals surface area contributed by atoms with Crippen LogP contribution in [0.2, 0.25) is 0 Å². The van der Waals surface area contributed by atoms with Gasteiger partial charge in [-0.25, -0.2) is 4.68 Å². The number of fused-ring (bicyclic) bond motifs is 1. The van der Waals surface area contributed by atoms with Crippen molar-refractivity contribution in [2.75, 3.05) is 33.8 Å². The van der Waals surface area contributed by atoms with Gasteiger partial charge in [0.1, 0.15) is 0 Å². The molecule has 0 aliphatic carbocycles. The fourth-order valence-electron chi connectivity index (χ4n) is 3.11. The molecule has 0 radical (unpaired) electrons. The first kappa shape index (κ1) is 19.8. The lowest BCUT2D eigenvalue weighted by molar-refractivity contribution is -0.136. The molecule has 0 saturated heterocycles. The Bertz CT molecular complexity index is 548. The predicted molar refractivity (Wildman–Crippen MR) is 93.8 cm³/mol. The van der Waals surface area contributed by atoms with Gasteiger partial charge in [0.2, 0.25) is 5.91 Å². The van der Waals surface area contributed by atoms with Gasteiger partial charge in [-0.05, 0) is 27.4 Å². The van der Waals surface area contributed by atoms with Crippen LogP contribution in [-0.4, -0.2) is 81.7 Å². The molecule has 1 aliphatic rings. The number of likely N-dealkylation sites (N-methyl/N-ethyl adjacent to an activating group) is 1. The molecular weight excluding hydrogens is 322 g/mol. The van der Waals surface area contributed by atoms with Crippen molar-refractivity contribution in [2.45, 2.75) is 52.0 Å². The maximum Gasteiger partial charge on any atom is 0.222 e. The lowest BCUT2D eigenvalue weighted by Gasteiger charge is -2.35. The number of aliphatic hydroxyl groups is 1. The number of carbonyl (C=O) groups excluding carboxylic acids is 1. The monoisotopic (exact) mass is 353 g/mol. The summed E-state index contributed by atoms with van der Waals surface area (Å²) in [5, 5.41) is 17.6. The number of aromatic nitrogens is 3. The van der Waals surface area contributed by atoms with Crippen LogP contribution in [0.3, 0.4) is 0 Å². The topological polar surface area (TPSA) is 83.7 Å². The first-order valence-corrected chi connectivity index (χ1v) is 8.96. The van der Waals surface area contributed by atoms with Gasteiger partial charge in [0.25, 0.3) is 0 Å². The second-order valence-corrected chi connectivity index (χ2v) is 7.22. The molecule has 8 heteroatoms. The summed E-state index contributed by atoms with van der Waals surface area (Å²) in [7, 11) is 4.02. The highest BCUT2D eigenvalue weighted by atomic mass is 16.5. The molecule has 25 heavy (non-hydrogen) atoms. The smallest absolute Gasteiger partial charge is 0.222 e. The van der Waals surface area contributed by atoms with E-state index in [0.29, 0.717) is 32.5 Å².